The normalized spacial score (nSPS) is 12.2. The minimum absolute atomic E-state index is 0.125. The fourth-order valence-electron chi connectivity index (χ4n) is 3.06. The van der Waals surface area contributed by atoms with Gasteiger partial charge < -0.3 is 9.73 Å². The largest absolute Gasteiger partial charge is 0.436 e. The summed E-state index contributed by atoms with van der Waals surface area (Å²) in [6, 6.07) is 20.2. The van der Waals surface area contributed by atoms with Gasteiger partial charge in [0.25, 0.3) is 0 Å². The van der Waals surface area contributed by atoms with E-state index in [0.29, 0.717) is 27.7 Å². The predicted molar refractivity (Wildman–Crippen MR) is 105 cm³/mol. The molecular weight excluding hydrogens is 346 g/mol. The van der Waals surface area contributed by atoms with Crippen LogP contribution in [0.4, 0.5) is 5.82 Å². The number of halogens is 1. The summed E-state index contributed by atoms with van der Waals surface area (Å²) < 4.78 is 5.92. The van der Waals surface area contributed by atoms with E-state index < -0.39 is 0 Å². The topological polar surface area (TPSA) is 51.0 Å². The van der Waals surface area contributed by atoms with Crippen LogP contribution in [0, 0.1) is 0 Å². The molecule has 2 aromatic carbocycles. The molecule has 26 heavy (non-hydrogen) atoms. The van der Waals surface area contributed by atoms with Gasteiger partial charge in [0, 0.05) is 5.56 Å². The molecule has 0 radical (unpaired) electrons. The molecule has 2 heterocycles. The maximum atomic E-state index is 6.66. The van der Waals surface area contributed by atoms with Crippen molar-refractivity contribution in [3.05, 3.63) is 77.6 Å². The first kappa shape index (κ1) is 16.6. The fourth-order valence-corrected chi connectivity index (χ4v) is 3.37. The van der Waals surface area contributed by atoms with Crippen LogP contribution in [-0.2, 0) is 0 Å². The first-order chi connectivity index (χ1) is 12.8. The third-order valence-corrected chi connectivity index (χ3v) is 4.75. The quantitative estimate of drug-likeness (QED) is 0.465. The van der Waals surface area contributed by atoms with Crippen molar-refractivity contribution in [3.8, 4) is 11.3 Å². The number of nitrogens with zero attached hydrogens (tertiary/aromatic N) is 2. The Morgan fingerprint density at radius 1 is 1.00 bits per heavy atom. The van der Waals surface area contributed by atoms with Crippen molar-refractivity contribution in [2.45, 2.75) is 19.4 Å². The van der Waals surface area contributed by atoms with Crippen LogP contribution in [-0.4, -0.2) is 9.97 Å². The molecule has 4 aromatic rings. The average molecular weight is 364 g/mol. The first-order valence-electron chi connectivity index (χ1n) is 8.57. The lowest BCUT2D eigenvalue weighted by Crippen LogP contribution is -2.11. The summed E-state index contributed by atoms with van der Waals surface area (Å²) in [5.41, 5.74) is 2.59. The number of aromatic nitrogens is 2. The van der Waals surface area contributed by atoms with Crippen LogP contribution in [0.1, 0.15) is 24.9 Å². The summed E-state index contributed by atoms with van der Waals surface area (Å²) in [4.78, 5) is 8.67. The Hall–Kier alpha value is -2.85. The Morgan fingerprint density at radius 3 is 2.38 bits per heavy atom. The molecule has 2 aromatic heterocycles. The lowest BCUT2D eigenvalue weighted by Gasteiger charge is -2.18. The predicted octanol–water partition coefficient (Wildman–Crippen LogP) is 6.11. The van der Waals surface area contributed by atoms with E-state index in [1.165, 1.54) is 11.9 Å². The van der Waals surface area contributed by atoms with Crippen molar-refractivity contribution in [1.82, 2.24) is 9.97 Å². The number of fused-ring (bicyclic) bond motifs is 1. The van der Waals surface area contributed by atoms with E-state index in [2.05, 4.69) is 34.3 Å². The van der Waals surface area contributed by atoms with Crippen LogP contribution in [0.25, 0.3) is 22.4 Å². The number of rotatable bonds is 5. The van der Waals surface area contributed by atoms with Gasteiger partial charge in [-0.05, 0) is 12.0 Å². The van der Waals surface area contributed by atoms with Crippen molar-refractivity contribution in [2.75, 3.05) is 5.32 Å². The van der Waals surface area contributed by atoms with Gasteiger partial charge in [0.1, 0.15) is 22.6 Å². The van der Waals surface area contributed by atoms with E-state index in [4.69, 9.17) is 16.0 Å². The highest BCUT2D eigenvalue weighted by atomic mass is 35.5. The van der Waals surface area contributed by atoms with Crippen molar-refractivity contribution >= 4 is 28.5 Å². The molecule has 130 valence electrons. The Bertz CT molecular complexity index is 1020. The number of benzene rings is 2. The van der Waals surface area contributed by atoms with Crippen molar-refractivity contribution in [3.63, 3.8) is 0 Å². The van der Waals surface area contributed by atoms with Crippen LogP contribution in [0.5, 0.6) is 0 Å². The third-order valence-electron chi connectivity index (χ3n) is 4.39. The monoisotopic (exact) mass is 363 g/mol. The SMILES string of the molecule is CC[C@@H](Nc1ncnc2oc(-c3ccccc3)c(Cl)c12)c1ccccc1. The van der Waals surface area contributed by atoms with E-state index >= 15 is 0 Å². The molecule has 1 N–H and O–H groups in total. The lowest BCUT2D eigenvalue weighted by molar-refractivity contribution is 0.617. The smallest absolute Gasteiger partial charge is 0.233 e. The van der Waals surface area contributed by atoms with Gasteiger partial charge in [0.2, 0.25) is 5.71 Å². The highest BCUT2D eigenvalue weighted by molar-refractivity contribution is 6.38. The van der Waals surface area contributed by atoms with Crippen molar-refractivity contribution in [2.24, 2.45) is 0 Å². The number of hydrogen-bond donors (Lipinski definition) is 1. The van der Waals surface area contributed by atoms with Crippen molar-refractivity contribution in [1.29, 1.82) is 0 Å². The molecule has 0 saturated heterocycles. The average Bonchev–Trinajstić information content (AvgIpc) is 3.05. The molecule has 4 rings (SSSR count). The number of furan rings is 1. The molecule has 0 saturated carbocycles. The second-order valence-corrected chi connectivity index (χ2v) is 6.41. The molecule has 0 aliphatic rings. The second-order valence-electron chi connectivity index (χ2n) is 6.03. The maximum Gasteiger partial charge on any atom is 0.233 e. The Labute approximate surface area is 156 Å². The van der Waals surface area contributed by atoms with Gasteiger partial charge >= 0.3 is 0 Å². The zero-order chi connectivity index (χ0) is 17.9. The Morgan fingerprint density at radius 2 is 1.69 bits per heavy atom. The van der Waals surface area contributed by atoms with Crippen molar-refractivity contribution < 1.29 is 4.42 Å². The first-order valence-corrected chi connectivity index (χ1v) is 8.95. The van der Waals surface area contributed by atoms with Gasteiger partial charge in [-0.1, -0.05) is 79.2 Å². The van der Waals surface area contributed by atoms with Gasteiger partial charge in [-0.2, -0.15) is 0 Å². The summed E-state index contributed by atoms with van der Waals surface area (Å²) in [6.45, 7) is 2.13. The van der Waals surface area contributed by atoms with E-state index in [1.54, 1.807) is 0 Å². The molecule has 0 bridgehead atoms. The van der Waals surface area contributed by atoms with Crippen LogP contribution in [0.2, 0.25) is 5.02 Å². The minimum atomic E-state index is 0.125. The van der Waals surface area contributed by atoms with Crippen LogP contribution in [0.3, 0.4) is 0 Å². The molecule has 0 aliphatic heterocycles. The minimum Gasteiger partial charge on any atom is -0.436 e. The third kappa shape index (κ3) is 3.04. The van der Waals surface area contributed by atoms with Crippen LogP contribution >= 0.6 is 11.6 Å². The molecule has 0 fully saturated rings. The standard InChI is InChI=1S/C21H18ClN3O/c1-2-16(14-9-5-3-6-10-14)25-20-17-18(22)19(15-11-7-4-8-12-15)26-21(17)24-13-23-20/h3-13,16H,2H2,1H3,(H,23,24,25)/t16-/m1/s1. The highest BCUT2D eigenvalue weighted by Crippen LogP contribution is 2.40. The molecule has 1 atom stereocenters. The summed E-state index contributed by atoms with van der Waals surface area (Å²) >= 11 is 6.66. The Balaban J connectivity index is 1.77. The van der Waals surface area contributed by atoms with E-state index in [1.807, 2.05) is 48.5 Å². The molecule has 0 aliphatic carbocycles. The second kappa shape index (κ2) is 7.18. The summed E-state index contributed by atoms with van der Waals surface area (Å²) in [5.74, 6) is 1.29. The molecule has 0 amide bonds. The fraction of sp³-hybridized carbons (Fsp3) is 0.143. The van der Waals surface area contributed by atoms with Crippen LogP contribution < -0.4 is 5.32 Å². The van der Waals surface area contributed by atoms with E-state index in [9.17, 15) is 0 Å². The summed E-state index contributed by atoms with van der Waals surface area (Å²) in [6.07, 6.45) is 2.41. The van der Waals surface area contributed by atoms with Gasteiger partial charge in [-0.15, -0.1) is 0 Å². The lowest BCUT2D eigenvalue weighted by atomic mass is 10.0. The van der Waals surface area contributed by atoms with Gasteiger partial charge in [-0.25, -0.2) is 9.97 Å². The maximum absolute atomic E-state index is 6.66. The van der Waals surface area contributed by atoms with Gasteiger partial charge in [0.15, 0.2) is 5.76 Å². The molecule has 4 nitrogen and oxygen atoms in total. The summed E-state index contributed by atoms with van der Waals surface area (Å²) in [5, 5.41) is 4.73. The molecule has 0 spiro atoms. The van der Waals surface area contributed by atoms with E-state index in [-0.39, 0.29) is 6.04 Å². The van der Waals surface area contributed by atoms with E-state index in [0.717, 1.165) is 12.0 Å². The summed E-state index contributed by atoms with van der Waals surface area (Å²) in [7, 11) is 0. The number of nitrogens with one attached hydrogen (secondary N) is 1. The zero-order valence-electron chi connectivity index (χ0n) is 14.3. The molecule has 5 heteroatoms. The highest BCUT2D eigenvalue weighted by Gasteiger charge is 2.20. The molecule has 0 unspecified atom stereocenters. The molecular formula is C21H18ClN3O. The zero-order valence-corrected chi connectivity index (χ0v) is 15.1. The number of anilines is 1. The number of hydrogen-bond acceptors (Lipinski definition) is 4. The van der Waals surface area contributed by atoms with Gasteiger partial charge in [0.05, 0.1) is 6.04 Å². The van der Waals surface area contributed by atoms with Crippen LogP contribution in [0.15, 0.2) is 71.4 Å². The Kier molecular flexibility index (Phi) is 4.59. The van der Waals surface area contributed by atoms with Gasteiger partial charge in [-0.3, -0.25) is 0 Å².